The molecule has 0 aliphatic carbocycles. The van der Waals surface area contributed by atoms with Crippen LogP contribution in [0.1, 0.15) is 18.9 Å². The van der Waals surface area contributed by atoms with Crippen molar-refractivity contribution in [1.82, 2.24) is 4.90 Å². The Morgan fingerprint density at radius 2 is 2.12 bits per heavy atom. The molecule has 1 rings (SSSR count). The van der Waals surface area contributed by atoms with Crippen LogP contribution in [-0.4, -0.2) is 36.8 Å². The summed E-state index contributed by atoms with van der Waals surface area (Å²) in [6.07, 6.45) is 1.07. The fourth-order valence-corrected chi connectivity index (χ4v) is 2.07. The molecule has 1 N–H and O–H groups in total. The number of methoxy groups -OCH3 is 1. The van der Waals surface area contributed by atoms with Crippen molar-refractivity contribution in [3.05, 3.63) is 28.8 Å². The molecule has 0 unspecified atom stereocenters. The van der Waals surface area contributed by atoms with E-state index in [2.05, 4.69) is 11.8 Å². The van der Waals surface area contributed by atoms with Gasteiger partial charge in [-0.3, -0.25) is 4.90 Å². The van der Waals surface area contributed by atoms with Crippen molar-refractivity contribution in [3.63, 3.8) is 0 Å². The van der Waals surface area contributed by atoms with Crippen molar-refractivity contribution in [2.45, 2.75) is 19.9 Å². The Morgan fingerprint density at radius 1 is 1.35 bits per heavy atom. The molecule has 0 atom stereocenters. The van der Waals surface area contributed by atoms with Crippen molar-refractivity contribution in [2.75, 3.05) is 26.8 Å². The van der Waals surface area contributed by atoms with E-state index >= 15 is 0 Å². The smallest absolute Gasteiger partial charge is 0.137 e. The monoisotopic (exact) mass is 257 g/mol. The van der Waals surface area contributed by atoms with Gasteiger partial charge < -0.3 is 9.84 Å². The Kier molecular flexibility index (Phi) is 6.34. The Hall–Kier alpha value is -0.770. The van der Waals surface area contributed by atoms with Crippen molar-refractivity contribution in [3.8, 4) is 5.75 Å². The molecule has 0 fully saturated rings. The number of hydrogen-bond donors (Lipinski definition) is 1. The summed E-state index contributed by atoms with van der Waals surface area (Å²) in [5, 5.41) is 9.62. The van der Waals surface area contributed by atoms with E-state index < -0.39 is 0 Å². The molecular formula is C13H20ClNO2. The van der Waals surface area contributed by atoms with Crippen LogP contribution in [0.3, 0.4) is 0 Å². The minimum atomic E-state index is 0.184. The van der Waals surface area contributed by atoms with Gasteiger partial charge in [0.15, 0.2) is 0 Å². The summed E-state index contributed by atoms with van der Waals surface area (Å²) in [5.74, 6) is 0.694. The van der Waals surface area contributed by atoms with Gasteiger partial charge in [0.1, 0.15) is 5.75 Å². The second-order valence-electron chi connectivity index (χ2n) is 3.97. The highest BCUT2D eigenvalue weighted by molar-refractivity contribution is 6.32. The third-order valence-corrected chi connectivity index (χ3v) is 2.87. The topological polar surface area (TPSA) is 32.7 Å². The number of halogens is 1. The van der Waals surface area contributed by atoms with Gasteiger partial charge in [0.05, 0.1) is 18.7 Å². The predicted molar refractivity (Wildman–Crippen MR) is 70.7 cm³/mol. The van der Waals surface area contributed by atoms with E-state index in [1.807, 2.05) is 18.2 Å². The van der Waals surface area contributed by atoms with Gasteiger partial charge in [-0.1, -0.05) is 24.6 Å². The number of aliphatic hydroxyl groups excluding tert-OH is 1. The van der Waals surface area contributed by atoms with E-state index in [-0.39, 0.29) is 6.61 Å². The van der Waals surface area contributed by atoms with Crippen LogP contribution in [0.2, 0.25) is 5.02 Å². The number of rotatable bonds is 7. The molecule has 0 bridgehead atoms. The molecule has 1 aromatic carbocycles. The summed E-state index contributed by atoms with van der Waals surface area (Å²) in [4.78, 5) is 2.21. The highest BCUT2D eigenvalue weighted by atomic mass is 35.5. The maximum atomic E-state index is 8.99. The van der Waals surface area contributed by atoms with Crippen molar-refractivity contribution in [1.29, 1.82) is 0 Å². The Morgan fingerprint density at radius 3 is 2.65 bits per heavy atom. The zero-order chi connectivity index (χ0) is 12.7. The number of aliphatic hydroxyl groups is 1. The van der Waals surface area contributed by atoms with E-state index in [9.17, 15) is 0 Å². The van der Waals surface area contributed by atoms with Crippen LogP contribution in [0.4, 0.5) is 0 Å². The minimum Gasteiger partial charge on any atom is -0.495 e. The molecule has 96 valence electrons. The normalized spacial score (nSPS) is 10.9. The Bertz CT molecular complexity index is 338. The zero-order valence-electron chi connectivity index (χ0n) is 10.4. The summed E-state index contributed by atoms with van der Waals surface area (Å²) in [6.45, 7) is 4.79. The summed E-state index contributed by atoms with van der Waals surface area (Å²) >= 11 is 6.07. The predicted octanol–water partition coefficient (Wildman–Crippen LogP) is 2.55. The summed E-state index contributed by atoms with van der Waals surface area (Å²) in [7, 11) is 1.61. The summed E-state index contributed by atoms with van der Waals surface area (Å²) < 4.78 is 5.11. The van der Waals surface area contributed by atoms with Gasteiger partial charge in [-0.15, -0.1) is 0 Å². The first-order chi connectivity index (χ1) is 8.21. The maximum Gasteiger partial charge on any atom is 0.137 e. The van der Waals surface area contributed by atoms with Gasteiger partial charge in [0, 0.05) is 13.1 Å². The molecule has 0 saturated carbocycles. The molecule has 0 heterocycles. The molecule has 0 aliphatic rings. The summed E-state index contributed by atoms with van der Waals surface area (Å²) in [5.41, 5.74) is 1.14. The lowest BCUT2D eigenvalue weighted by Gasteiger charge is -2.20. The molecule has 0 amide bonds. The van der Waals surface area contributed by atoms with Gasteiger partial charge in [-0.05, 0) is 30.7 Å². The maximum absolute atomic E-state index is 8.99. The lowest BCUT2D eigenvalue weighted by Crippen LogP contribution is -2.27. The third-order valence-electron chi connectivity index (χ3n) is 2.58. The van der Waals surface area contributed by atoms with Crippen molar-refractivity contribution < 1.29 is 9.84 Å². The first-order valence-electron chi connectivity index (χ1n) is 5.86. The molecular weight excluding hydrogens is 238 g/mol. The highest BCUT2D eigenvalue weighted by Crippen LogP contribution is 2.25. The van der Waals surface area contributed by atoms with Crippen molar-refractivity contribution >= 4 is 11.6 Å². The second kappa shape index (κ2) is 7.54. The first kappa shape index (κ1) is 14.3. The van der Waals surface area contributed by atoms with Crippen LogP contribution < -0.4 is 4.74 Å². The number of benzene rings is 1. The lowest BCUT2D eigenvalue weighted by molar-refractivity contribution is 0.190. The van der Waals surface area contributed by atoms with E-state index in [4.69, 9.17) is 21.4 Å². The van der Waals surface area contributed by atoms with Gasteiger partial charge in [0.2, 0.25) is 0 Å². The van der Waals surface area contributed by atoms with E-state index in [0.29, 0.717) is 17.3 Å². The quantitative estimate of drug-likeness (QED) is 0.815. The van der Waals surface area contributed by atoms with Crippen LogP contribution in [0, 0.1) is 0 Å². The molecule has 0 aliphatic heterocycles. The second-order valence-corrected chi connectivity index (χ2v) is 4.38. The Balaban J connectivity index is 2.68. The SMILES string of the molecule is CCCN(CCO)Cc1ccc(OC)c(Cl)c1. The molecule has 17 heavy (non-hydrogen) atoms. The van der Waals surface area contributed by atoms with Crippen LogP contribution in [-0.2, 0) is 6.54 Å². The fraction of sp³-hybridized carbons (Fsp3) is 0.538. The highest BCUT2D eigenvalue weighted by Gasteiger charge is 2.06. The number of nitrogens with zero attached hydrogens (tertiary/aromatic N) is 1. The molecule has 0 radical (unpaired) electrons. The van der Waals surface area contributed by atoms with E-state index in [0.717, 1.165) is 25.1 Å². The van der Waals surface area contributed by atoms with Crippen LogP contribution in [0.5, 0.6) is 5.75 Å². The molecule has 4 heteroatoms. The van der Waals surface area contributed by atoms with Gasteiger partial charge in [-0.25, -0.2) is 0 Å². The number of hydrogen-bond acceptors (Lipinski definition) is 3. The molecule has 0 aromatic heterocycles. The fourth-order valence-electron chi connectivity index (χ4n) is 1.79. The zero-order valence-corrected chi connectivity index (χ0v) is 11.2. The first-order valence-corrected chi connectivity index (χ1v) is 6.24. The average Bonchev–Trinajstić information content (AvgIpc) is 2.30. The van der Waals surface area contributed by atoms with Crippen molar-refractivity contribution in [2.24, 2.45) is 0 Å². The average molecular weight is 258 g/mol. The molecule has 1 aromatic rings. The lowest BCUT2D eigenvalue weighted by atomic mass is 10.2. The Labute approximate surface area is 108 Å². The minimum absolute atomic E-state index is 0.184. The van der Waals surface area contributed by atoms with Gasteiger partial charge in [-0.2, -0.15) is 0 Å². The molecule has 0 saturated heterocycles. The van der Waals surface area contributed by atoms with Gasteiger partial charge in [0.25, 0.3) is 0 Å². The van der Waals surface area contributed by atoms with Crippen LogP contribution in [0.25, 0.3) is 0 Å². The molecule has 0 spiro atoms. The van der Waals surface area contributed by atoms with Crippen LogP contribution >= 0.6 is 11.6 Å². The molecule has 3 nitrogen and oxygen atoms in total. The standard InChI is InChI=1S/C13H20ClNO2/c1-3-6-15(7-8-16)10-11-4-5-13(17-2)12(14)9-11/h4-5,9,16H,3,6-8,10H2,1-2H3. The summed E-state index contributed by atoms with van der Waals surface area (Å²) in [6, 6.07) is 5.80. The largest absolute Gasteiger partial charge is 0.495 e. The van der Waals surface area contributed by atoms with E-state index in [1.165, 1.54) is 0 Å². The van der Waals surface area contributed by atoms with E-state index in [1.54, 1.807) is 7.11 Å². The third kappa shape index (κ3) is 4.54. The van der Waals surface area contributed by atoms with Crippen LogP contribution in [0.15, 0.2) is 18.2 Å². The van der Waals surface area contributed by atoms with Gasteiger partial charge >= 0.3 is 0 Å². The number of ether oxygens (including phenoxy) is 1.